The maximum absolute atomic E-state index is 10.9. The van der Waals surface area contributed by atoms with Crippen LogP contribution in [-0.4, -0.2) is 58.4 Å². The van der Waals surface area contributed by atoms with E-state index in [2.05, 4.69) is 5.32 Å². The molecule has 0 bridgehead atoms. The van der Waals surface area contributed by atoms with Crippen molar-refractivity contribution in [3.05, 3.63) is 24.3 Å². The maximum atomic E-state index is 10.9. The molecule has 0 aliphatic rings. The molecule has 0 amide bonds. The third-order valence-electron chi connectivity index (χ3n) is 2.53. The molecule has 1 rings (SSSR count). The number of methoxy groups -OCH3 is 1. The fourth-order valence-electron chi connectivity index (χ4n) is 1.45. The molecule has 0 heterocycles. The fraction of sp³-hybridized carbons (Fsp3) is 0.538. The van der Waals surface area contributed by atoms with Gasteiger partial charge in [0.25, 0.3) is 0 Å². The highest BCUT2D eigenvalue weighted by atomic mass is 32.2. The molecule has 7 heteroatoms. The largest absolute Gasteiger partial charge is 0.497 e. The molecule has 1 unspecified atom stereocenters. The van der Waals surface area contributed by atoms with Crippen LogP contribution in [0, 0.1) is 0 Å². The standard InChI is InChI=1S/C13H21NO5S/c1-18-12-3-5-13(6-4-12)19-10-11(15)9-14-7-8-20(2,16)17/h3-6,11,14-15H,7-10H2,1-2H3. The van der Waals surface area contributed by atoms with Crippen LogP contribution < -0.4 is 14.8 Å². The maximum Gasteiger partial charge on any atom is 0.148 e. The molecule has 0 aromatic heterocycles. The van der Waals surface area contributed by atoms with Gasteiger partial charge in [0.05, 0.1) is 12.9 Å². The summed E-state index contributed by atoms with van der Waals surface area (Å²) in [4.78, 5) is 0. The van der Waals surface area contributed by atoms with Crippen LogP contribution in [0.1, 0.15) is 0 Å². The van der Waals surface area contributed by atoms with Crippen molar-refractivity contribution >= 4 is 9.84 Å². The molecule has 2 N–H and O–H groups in total. The van der Waals surface area contributed by atoms with E-state index in [1.165, 1.54) is 6.26 Å². The Bertz CT molecular complexity index is 486. The van der Waals surface area contributed by atoms with Gasteiger partial charge in [-0.25, -0.2) is 8.42 Å². The average molecular weight is 303 g/mol. The van der Waals surface area contributed by atoms with Gasteiger partial charge in [-0.3, -0.25) is 0 Å². The lowest BCUT2D eigenvalue weighted by Gasteiger charge is -2.13. The monoisotopic (exact) mass is 303 g/mol. The minimum absolute atomic E-state index is 0.0546. The number of ether oxygens (including phenoxy) is 2. The third kappa shape index (κ3) is 7.32. The number of nitrogens with one attached hydrogen (secondary N) is 1. The first-order valence-corrected chi connectivity index (χ1v) is 8.30. The topological polar surface area (TPSA) is 84.9 Å². The lowest BCUT2D eigenvalue weighted by atomic mass is 10.3. The Kier molecular flexibility index (Phi) is 6.77. The Labute approximate surface area is 119 Å². The van der Waals surface area contributed by atoms with Gasteiger partial charge < -0.3 is 19.9 Å². The van der Waals surface area contributed by atoms with Gasteiger partial charge in [0, 0.05) is 19.3 Å². The summed E-state index contributed by atoms with van der Waals surface area (Å²) in [6, 6.07) is 7.05. The van der Waals surface area contributed by atoms with Crippen LogP contribution >= 0.6 is 0 Å². The van der Waals surface area contributed by atoms with Crippen molar-refractivity contribution in [3.8, 4) is 11.5 Å². The smallest absolute Gasteiger partial charge is 0.148 e. The van der Waals surface area contributed by atoms with Crippen molar-refractivity contribution in [3.63, 3.8) is 0 Å². The van der Waals surface area contributed by atoms with Gasteiger partial charge in [0.15, 0.2) is 0 Å². The predicted molar refractivity (Wildman–Crippen MR) is 77.1 cm³/mol. The number of aliphatic hydroxyl groups excluding tert-OH is 1. The zero-order chi connectivity index (χ0) is 15.0. The second kappa shape index (κ2) is 8.08. The first-order valence-electron chi connectivity index (χ1n) is 6.24. The molecule has 0 saturated heterocycles. The van der Waals surface area contributed by atoms with E-state index < -0.39 is 15.9 Å². The van der Waals surface area contributed by atoms with Crippen LogP contribution in [0.2, 0.25) is 0 Å². The normalized spacial score (nSPS) is 12.9. The van der Waals surface area contributed by atoms with Crippen LogP contribution in [0.25, 0.3) is 0 Å². The van der Waals surface area contributed by atoms with E-state index in [1.54, 1.807) is 31.4 Å². The molecule has 0 radical (unpaired) electrons. The average Bonchev–Trinajstić information content (AvgIpc) is 2.41. The number of rotatable bonds is 9. The summed E-state index contributed by atoms with van der Waals surface area (Å²) in [7, 11) is -1.39. The lowest BCUT2D eigenvalue weighted by Crippen LogP contribution is -2.34. The molecule has 0 aliphatic heterocycles. The number of benzene rings is 1. The highest BCUT2D eigenvalue weighted by molar-refractivity contribution is 7.90. The summed E-state index contributed by atoms with van der Waals surface area (Å²) >= 11 is 0. The third-order valence-corrected chi connectivity index (χ3v) is 3.48. The van der Waals surface area contributed by atoms with E-state index in [4.69, 9.17) is 9.47 Å². The number of hydrogen-bond donors (Lipinski definition) is 2. The molecule has 0 saturated carbocycles. The van der Waals surface area contributed by atoms with E-state index >= 15 is 0 Å². The summed E-state index contributed by atoms with van der Waals surface area (Å²) in [5, 5.41) is 12.5. The Morgan fingerprint density at radius 1 is 1.25 bits per heavy atom. The Morgan fingerprint density at radius 2 is 1.85 bits per heavy atom. The Hall–Kier alpha value is -1.31. The number of sulfone groups is 1. The van der Waals surface area contributed by atoms with Crippen LogP contribution in [0.4, 0.5) is 0 Å². The predicted octanol–water partition coefficient (Wildman–Crippen LogP) is 0.0691. The van der Waals surface area contributed by atoms with Crippen LogP contribution in [0.3, 0.4) is 0 Å². The molecule has 1 aromatic carbocycles. The fourth-order valence-corrected chi connectivity index (χ4v) is 1.96. The first-order chi connectivity index (χ1) is 9.40. The molecule has 6 nitrogen and oxygen atoms in total. The van der Waals surface area contributed by atoms with Gasteiger partial charge in [-0.1, -0.05) is 0 Å². The number of aliphatic hydroxyl groups is 1. The molecular weight excluding hydrogens is 282 g/mol. The van der Waals surface area contributed by atoms with Crippen molar-refractivity contribution < 1.29 is 23.0 Å². The van der Waals surface area contributed by atoms with Gasteiger partial charge in [0.1, 0.15) is 34.0 Å². The number of hydrogen-bond acceptors (Lipinski definition) is 6. The molecule has 0 fully saturated rings. The molecule has 0 aliphatic carbocycles. The van der Waals surface area contributed by atoms with E-state index in [1.807, 2.05) is 0 Å². The van der Waals surface area contributed by atoms with E-state index in [0.717, 1.165) is 5.75 Å². The highest BCUT2D eigenvalue weighted by Crippen LogP contribution is 2.16. The van der Waals surface area contributed by atoms with Crippen molar-refractivity contribution in [2.45, 2.75) is 6.10 Å². The Morgan fingerprint density at radius 3 is 2.40 bits per heavy atom. The highest BCUT2D eigenvalue weighted by Gasteiger charge is 2.06. The zero-order valence-corrected chi connectivity index (χ0v) is 12.5. The van der Waals surface area contributed by atoms with Crippen molar-refractivity contribution in [2.75, 3.05) is 38.8 Å². The van der Waals surface area contributed by atoms with Crippen LogP contribution in [0.15, 0.2) is 24.3 Å². The first kappa shape index (κ1) is 16.7. The molecule has 0 spiro atoms. The van der Waals surface area contributed by atoms with Gasteiger partial charge in [0.2, 0.25) is 0 Å². The van der Waals surface area contributed by atoms with Crippen molar-refractivity contribution in [1.29, 1.82) is 0 Å². The molecule has 20 heavy (non-hydrogen) atoms. The van der Waals surface area contributed by atoms with Gasteiger partial charge in [-0.15, -0.1) is 0 Å². The molecular formula is C13H21NO5S. The minimum Gasteiger partial charge on any atom is -0.497 e. The van der Waals surface area contributed by atoms with E-state index in [-0.39, 0.29) is 18.9 Å². The lowest BCUT2D eigenvalue weighted by molar-refractivity contribution is 0.107. The summed E-state index contributed by atoms with van der Waals surface area (Å²) < 4.78 is 32.2. The second-order valence-electron chi connectivity index (χ2n) is 4.47. The molecule has 114 valence electrons. The van der Waals surface area contributed by atoms with Crippen molar-refractivity contribution in [1.82, 2.24) is 5.32 Å². The molecule has 1 atom stereocenters. The zero-order valence-electron chi connectivity index (χ0n) is 11.7. The summed E-state index contributed by atoms with van der Waals surface area (Å²) in [5.74, 6) is 1.43. The Balaban J connectivity index is 2.20. The van der Waals surface area contributed by atoms with Gasteiger partial charge in [-0.05, 0) is 24.3 Å². The van der Waals surface area contributed by atoms with Gasteiger partial charge in [-0.2, -0.15) is 0 Å². The summed E-state index contributed by atoms with van der Waals surface area (Å²) in [6.45, 7) is 0.738. The minimum atomic E-state index is -2.97. The van der Waals surface area contributed by atoms with Crippen molar-refractivity contribution in [2.24, 2.45) is 0 Å². The van der Waals surface area contributed by atoms with E-state index in [9.17, 15) is 13.5 Å². The van der Waals surface area contributed by atoms with E-state index in [0.29, 0.717) is 12.3 Å². The second-order valence-corrected chi connectivity index (χ2v) is 6.73. The van der Waals surface area contributed by atoms with Crippen LogP contribution in [-0.2, 0) is 9.84 Å². The summed E-state index contributed by atoms with van der Waals surface area (Å²) in [5.41, 5.74) is 0. The van der Waals surface area contributed by atoms with Crippen LogP contribution in [0.5, 0.6) is 11.5 Å². The molecule has 1 aromatic rings. The summed E-state index contributed by atoms with van der Waals surface area (Å²) in [6.07, 6.45) is 0.481. The SMILES string of the molecule is COc1ccc(OCC(O)CNCCS(C)(=O)=O)cc1. The quantitative estimate of drug-likeness (QED) is 0.628. The van der Waals surface area contributed by atoms with Gasteiger partial charge >= 0.3 is 0 Å².